The number of carbonyl (C=O) groups is 1. The molecule has 3 aromatic rings. The molecule has 0 aliphatic rings. The standard InChI is InChI=1S/C17H18N4OS2/c1-10-5-6-15(11(2)7-10)21-17(18-19-20-21)23-9-16(22)14-8-12(3)24-13(14)4/h5-8H,9H2,1-4H3. The molecule has 124 valence electrons. The van der Waals surface area contributed by atoms with Gasteiger partial charge in [-0.15, -0.1) is 16.4 Å². The number of hydrogen-bond donors (Lipinski definition) is 0. The molecule has 2 aromatic heterocycles. The van der Waals surface area contributed by atoms with E-state index in [1.54, 1.807) is 16.0 Å². The summed E-state index contributed by atoms with van der Waals surface area (Å²) in [6.45, 7) is 8.08. The fourth-order valence-corrected chi connectivity index (χ4v) is 4.29. The summed E-state index contributed by atoms with van der Waals surface area (Å²) in [4.78, 5) is 14.7. The van der Waals surface area contributed by atoms with Crippen LogP contribution < -0.4 is 0 Å². The van der Waals surface area contributed by atoms with Crippen LogP contribution in [0.1, 0.15) is 31.2 Å². The third-order valence-electron chi connectivity index (χ3n) is 3.70. The van der Waals surface area contributed by atoms with E-state index in [1.165, 1.54) is 17.3 Å². The van der Waals surface area contributed by atoms with E-state index in [9.17, 15) is 4.79 Å². The Morgan fingerprint density at radius 1 is 1.21 bits per heavy atom. The van der Waals surface area contributed by atoms with Gasteiger partial charge in [0, 0.05) is 15.3 Å². The van der Waals surface area contributed by atoms with Crippen molar-refractivity contribution in [2.75, 3.05) is 5.75 Å². The normalized spacial score (nSPS) is 11.0. The average Bonchev–Trinajstić information content (AvgIpc) is 3.11. The van der Waals surface area contributed by atoms with Crippen molar-refractivity contribution in [3.63, 3.8) is 0 Å². The summed E-state index contributed by atoms with van der Waals surface area (Å²) in [5, 5.41) is 12.5. The Morgan fingerprint density at radius 3 is 2.67 bits per heavy atom. The third kappa shape index (κ3) is 3.42. The van der Waals surface area contributed by atoms with E-state index in [4.69, 9.17) is 0 Å². The molecule has 0 saturated heterocycles. The summed E-state index contributed by atoms with van der Waals surface area (Å²) in [5.74, 6) is 0.430. The number of benzene rings is 1. The molecule has 0 atom stereocenters. The van der Waals surface area contributed by atoms with Crippen molar-refractivity contribution in [1.29, 1.82) is 0 Å². The minimum Gasteiger partial charge on any atom is -0.293 e. The molecule has 7 heteroatoms. The zero-order valence-corrected chi connectivity index (χ0v) is 15.7. The van der Waals surface area contributed by atoms with Gasteiger partial charge in [0.05, 0.1) is 11.4 Å². The number of hydrogen-bond acceptors (Lipinski definition) is 6. The van der Waals surface area contributed by atoms with Gasteiger partial charge in [-0.2, -0.15) is 4.68 Å². The molecule has 0 aliphatic carbocycles. The Bertz CT molecular complexity index is 898. The summed E-state index contributed by atoms with van der Waals surface area (Å²) >= 11 is 3.01. The third-order valence-corrected chi connectivity index (χ3v) is 5.58. The number of aromatic nitrogens is 4. The zero-order chi connectivity index (χ0) is 17.3. The van der Waals surface area contributed by atoms with E-state index in [2.05, 4.69) is 28.5 Å². The lowest BCUT2D eigenvalue weighted by atomic mass is 10.1. The first-order valence-electron chi connectivity index (χ1n) is 7.54. The zero-order valence-electron chi connectivity index (χ0n) is 14.0. The van der Waals surface area contributed by atoms with Crippen LogP contribution in [0, 0.1) is 27.7 Å². The van der Waals surface area contributed by atoms with Gasteiger partial charge in [-0.3, -0.25) is 4.79 Å². The second kappa shape index (κ2) is 6.86. The van der Waals surface area contributed by atoms with Crippen LogP contribution in [0.3, 0.4) is 0 Å². The SMILES string of the molecule is Cc1ccc(-n2nnnc2SCC(=O)c2cc(C)sc2C)c(C)c1. The molecule has 0 fully saturated rings. The van der Waals surface area contributed by atoms with Gasteiger partial charge in [-0.05, 0) is 55.8 Å². The molecule has 5 nitrogen and oxygen atoms in total. The maximum atomic E-state index is 12.4. The quantitative estimate of drug-likeness (QED) is 0.511. The molecular formula is C17H18N4OS2. The maximum Gasteiger partial charge on any atom is 0.214 e. The van der Waals surface area contributed by atoms with E-state index in [0.29, 0.717) is 10.9 Å². The predicted molar refractivity (Wildman–Crippen MR) is 97.5 cm³/mol. The molecule has 0 aliphatic heterocycles. The number of ketones is 1. The van der Waals surface area contributed by atoms with Crippen LogP contribution in [0.2, 0.25) is 0 Å². The summed E-state index contributed by atoms with van der Waals surface area (Å²) in [7, 11) is 0. The van der Waals surface area contributed by atoms with Gasteiger partial charge in [0.15, 0.2) is 5.78 Å². The van der Waals surface area contributed by atoms with Crippen molar-refractivity contribution in [2.24, 2.45) is 0 Å². The van der Waals surface area contributed by atoms with Crippen LogP contribution in [0.25, 0.3) is 5.69 Å². The molecule has 3 rings (SSSR count). The van der Waals surface area contributed by atoms with Crippen molar-refractivity contribution in [3.05, 3.63) is 50.7 Å². The number of carbonyl (C=O) groups excluding carboxylic acids is 1. The second-order valence-electron chi connectivity index (χ2n) is 5.70. The van der Waals surface area contributed by atoms with Crippen molar-refractivity contribution < 1.29 is 4.79 Å². The minimum absolute atomic E-state index is 0.108. The average molecular weight is 358 g/mol. The lowest BCUT2D eigenvalue weighted by Crippen LogP contribution is -2.06. The molecule has 0 unspecified atom stereocenters. The molecule has 0 saturated carbocycles. The highest BCUT2D eigenvalue weighted by Gasteiger charge is 2.16. The Hall–Kier alpha value is -1.99. The first-order chi connectivity index (χ1) is 11.5. The van der Waals surface area contributed by atoms with Crippen LogP contribution in [0.4, 0.5) is 0 Å². The smallest absolute Gasteiger partial charge is 0.214 e. The first-order valence-corrected chi connectivity index (χ1v) is 9.35. The Kier molecular flexibility index (Phi) is 4.82. The Balaban J connectivity index is 1.79. The van der Waals surface area contributed by atoms with Gasteiger partial charge in [-0.1, -0.05) is 29.5 Å². The highest BCUT2D eigenvalue weighted by Crippen LogP contribution is 2.25. The Morgan fingerprint density at radius 2 is 2.00 bits per heavy atom. The van der Waals surface area contributed by atoms with E-state index in [1.807, 2.05) is 39.0 Å². The highest BCUT2D eigenvalue weighted by molar-refractivity contribution is 7.99. The van der Waals surface area contributed by atoms with Crippen LogP contribution in [-0.2, 0) is 0 Å². The topological polar surface area (TPSA) is 60.7 Å². The second-order valence-corrected chi connectivity index (χ2v) is 8.10. The van der Waals surface area contributed by atoms with Crippen LogP contribution in [0.5, 0.6) is 0 Å². The maximum absolute atomic E-state index is 12.4. The predicted octanol–water partition coefficient (Wildman–Crippen LogP) is 3.93. The van der Waals surface area contributed by atoms with Crippen molar-refractivity contribution in [2.45, 2.75) is 32.9 Å². The van der Waals surface area contributed by atoms with Gasteiger partial charge < -0.3 is 0 Å². The van der Waals surface area contributed by atoms with Crippen molar-refractivity contribution in [1.82, 2.24) is 20.2 Å². The number of nitrogens with zero attached hydrogens (tertiary/aromatic N) is 4. The molecule has 0 spiro atoms. The van der Waals surface area contributed by atoms with E-state index in [-0.39, 0.29) is 5.78 Å². The van der Waals surface area contributed by atoms with Crippen LogP contribution >= 0.6 is 23.1 Å². The largest absolute Gasteiger partial charge is 0.293 e. The molecule has 2 heterocycles. The van der Waals surface area contributed by atoms with Crippen molar-refractivity contribution in [3.8, 4) is 5.69 Å². The summed E-state index contributed by atoms with van der Waals surface area (Å²) < 4.78 is 1.69. The molecule has 0 N–H and O–H groups in total. The highest BCUT2D eigenvalue weighted by atomic mass is 32.2. The monoisotopic (exact) mass is 358 g/mol. The molecular weight excluding hydrogens is 340 g/mol. The minimum atomic E-state index is 0.108. The number of thioether (sulfide) groups is 1. The number of thiophene rings is 1. The van der Waals surface area contributed by atoms with E-state index < -0.39 is 0 Å². The molecule has 0 radical (unpaired) electrons. The first kappa shape index (κ1) is 16.9. The summed E-state index contributed by atoms with van der Waals surface area (Å²) in [6.07, 6.45) is 0. The fourth-order valence-electron chi connectivity index (χ4n) is 2.58. The molecule has 0 amide bonds. The van der Waals surface area contributed by atoms with Gasteiger partial charge in [0.2, 0.25) is 5.16 Å². The summed E-state index contributed by atoms with van der Waals surface area (Å²) in [6, 6.07) is 8.07. The number of tetrazole rings is 1. The fraction of sp³-hybridized carbons (Fsp3) is 0.294. The lowest BCUT2D eigenvalue weighted by Gasteiger charge is -2.08. The summed E-state index contributed by atoms with van der Waals surface area (Å²) in [5.41, 5.74) is 4.02. The van der Waals surface area contributed by atoms with Crippen LogP contribution in [0.15, 0.2) is 29.4 Å². The van der Waals surface area contributed by atoms with Gasteiger partial charge in [0.25, 0.3) is 0 Å². The van der Waals surface area contributed by atoms with Crippen molar-refractivity contribution >= 4 is 28.9 Å². The van der Waals surface area contributed by atoms with Gasteiger partial charge >= 0.3 is 0 Å². The Labute approximate surface area is 149 Å². The molecule has 0 bridgehead atoms. The van der Waals surface area contributed by atoms with Crippen LogP contribution in [-0.4, -0.2) is 31.7 Å². The number of rotatable bonds is 5. The van der Waals surface area contributed by atoms with Gasteiger partial charge in [0.1, 0.15) is 0 Å². The number of aryl methyl sites for hydroxylation is 4. The van der Waals surface area contributed by atoms with E-state index in [0.717, 1.165) is 26.6 Å². The van der Waals surface area contributed by atoms with E-state index >= 15 is 0 Å². The van der Waals surface area contributed by atoms with Gasteiger partial charge in [-0.25, -0.2) is 0 Å². The number of Topliss-reactive ketones (excluding diaryl/α,β-unsaturated/α-hetero) is 1. The molecule has 24 heavy (non-hydrogen) atoms. The molecule has 1 aromatic carbocycles. The lowest BCUT2D eigenvalue weighted by molar-refractivity contribution is 0.102.